The van der Waals surface area contributed by atoms with Crippen molar-refractivity contribution in [1.29, 1.82) is 5.26 Å². The Morgan fingerprint density at radius 3 is 2.80 bits per heavy atom. The molecule has 0 radical (unpaired) electrons. The number of nitrogens with zero attached hydrogens (tertiary/aromatic N) is 2. The molecule has 0 bridgehead atoms. The molecule has 30 heavy (non-hydrogen) atoms. The van der Waals surface area contributed by atoms with E-state index < -0.39 is 5.92 Å². The molecule has 0 spiro atoms. The summed E-state index contributed by atoms with van der Waals surface area (Å²) in [4.78, 5) is 0. The van der Waals surface area contributed by atoms with E-state index in [-0.39, 0.29) is 5.88 Å². The van der Waals surface area contributed by atoms with Crippen LogP contribution in [0.5, 0.6) is 17.4 Å². The van der Waals surface area contributed by atoms with E-state index in [0.29, 0.717) is 34.6 Å². The number of benzene rings is 2. The minimum atomic E-state index is -0.427. The fourth-order valence-electron chi connectivity index (χ4n) is 3.49. The molecule has 1 aliphatic rings. The van der Waals surface area contributed by atoms with Gasteiger partial charge in [-0.2, -0.15) is 5.26 Å². The van der Waals surface area contributed by atoms with Gasteiger partial charge in [0.05, 0.1) is 13.0 Å². The van der Waals surface area contributed by atoms with Crippen LogP contribution in [0.25, 0.3) is 0 Å². The number of nitriles is 1. The summed E-state index contributed by atoms with van der Waals surface area (Å²) in [7, 11) is 1.56. The normalized spacial score (nSPS) is 15.2. The standard InChI is InChI=1S/C22H19ClN4O3/c1-12-19-20(15(10-24)21(25)30-22(19)27-26-12)13-7-8-17(18(9-13)28-2)29-11-14-5-3-4-6-16(14)23/h3-9,20H,11,25H2,1-2H3,(H,26,27)/t20-/m1/s1. The van der Waals surface area contributed by atoms with E-state index in [1.807, 2.05) is 43.3 Å². The summed E-state index contributed by atoms with van der Waals surface area (Å²) >= 11 is 6.21. The number of allylic oxidation sites excluding steroid dienone is 1. The summed E-state index contributed by atoms with van der Waals surface area (Å²) in [5, 5.41) is 17.4. The van der Waals surface area contributed by atoms with E-state index in [1.54, 1.807) is 13.2 Å². The van der Waals surface area contributed by atoms with Crippen LogP contribution >= 0.6 is 11.6 Å². The zero-order chi connectivity index (χ0) is 21.3. The van der Waals surface area contributed by atoms with Crippen molar-refractivity contribution in [2.24, 2.45) is 5.73 Å². The molecule has 1 aliphatic heterocycles. The fraction of sp³-hybridized carbons (Fsp3) is 0.182. The van der Waals surface area contributed by atoms with E-state index in [9.17, 15) is 5.26 Å². The molecule has 1 atom stereocenters. The average molecular weight is 423 g/mol. The highest BCUT2D eigenvalue weighted by Gasteiger charge is 2.34. The predicted octanol–water partition coefficient (Wildman–Crippen LogP) is 4.18. The lowest BCUT2D eigenvalue weighted by molar-refractivity contribution is 0.284. The van der Waals surface area contributed by atoms with Crippen LogP contribution in [0.15, 0.2) is 53.9 Å². The maximum absolute atomic E-state index is 9.70. The molecular formula is C22H19ClN4O3. The van der Waals surface area contributed by atoms with Crippen molar-refractivity contribution in [2.75, 3.05) is 7.11 Å². The maximum Gasteiger partial charge on any atom is 0.244 e. The Kier molecular flexibility index (Phi) is 5.25. The third-order valence-corrected chi connectivity index (χ3v) is 5.36. The number of aryl methyl sites for hydroxylation is 1. The van der Waals surface area contributed by atoms with Gasteiger partial charge in [0, 0.05) is 21.8 Å². The number of nitrogens with one attached hydrogen (secondary N) is 1. The highest BCUT2D eigenvalue weighted by molar-refractivity contribution is 6.31. The number of fused-ring (bicyclic) bond motifs is 1. The third-order valence-electron chi connectivity index (χ3n) is 4.99. The molecular weight excluding hydrogens is 404 g/mol. The Hall–Kier alpha value is -3.63. The number of hydrogen-bond donors (Lipinski definition) is 2. The summed E-state index contributed by atoms with van der Waals surface area (Å²) in [5.74, 6) is 1.08. The Labute approximate surface area is 178 Å². The molecule has 0 fully saturated rings. The lowest BCUT2D eigenvalue weighted by Gasteiger charge is -2.24. The molecule has 3 N–H and O–H groups in total. The minimum Gasteiger partial charge on any atom is -0.493 e. The fourth-order valence-corrected chi connectivity index (χ4v) is 3.68. The summed E-state index contributed by atoms with van der Waals surface area (Å²) in [6.07, 6.45) is 0. The predicted molar refractivity (Wildman–Crippen MR) is 111 cm³/mol. The van der Waals surface area contributed by atoms with Crippen LogP contribution in [0, 0.1) is 18.3 Å². The van der Waals surface area contributed by atoms with Crippen LogP contribution in [-0.4, -0.2) is 17.3 Å². The Morgan fingerprint density at radius 1 is 1.27 bits per heavy atom. The molecule has 0 aliphatic carbocycles. The van der Waals surface area contributed by atoms with Crippen LogP contribution in [-0.2, 0) is 6.61 Å². The lowest BCUT2D eigenvalue weighted by atomic mass is 9.84. The zero-order valence-electron chi connectivity index (χ0n) is 16.4. The number of aromatic nitrogens is 2. The SMILES string of the molecule is COc1cc([C@@H]2C(C#N)=C(N)Oc3n[nH]c(C)c32)ccc1OCc1ccccc1Cl. The van der Waals surface area contributed by atoms with E-state index in [4.69, 9.17) is 31.5 Å². The van der Waals surface area contributed by atoms with Gasteiger partial charge in [-0.3, -0.25) is 5.10 Å². The number of halogens is 1. The molecule has 1 aromatic heterocycles. The number of hydrogen-bond acceptors (Lipinski definition) is 6. The van der Waals surface area contributed by atoms with Gasteiger partial charge in [0.15, 0.2) is 11.5 Å². The Balaban J connectivity index is 1.70. The molecule has 4 rings (SSSR count). The number of nitrogens with two attached hydrogens (primary N) is 1. The lowest BCUT2D eigenvalue weighted by Crippen LogP contribution is -2.21. The number of ether oxygens (including phenoxy) is 3. The second-order valence-electron chi connectivity index (χ2n) is 6.78. The molecule has 3 aromatic rings. The topological polar surface area (TPSA) is 106 Å². The number of H-pyrrole nitrogens is 1. The summed E-state index contributed by atoms with van der Waals surface area (Å²) in [6, 6.07) is 15.2. The van der Waals surface area contributed by atoms with Crippen molar-refractivity contribution in [1.82, 2.24) is 10.2 Å². The summed E-state index contributed by atoms with van der Waals surface area (Å²) in [5.41, 5.74) is 9.55. The van der Waals surface area contributed by atoms with E-state index in [2.05, 4.69) is 16.3 Å². The van der Waals surface area contributed by atoms with Crippen LogP contribution in [0.4, 0.5) is 0 Å². The second-order valence-corrected chi connectivity index (χ2v) is 7.19. The first-order valence-electron chi connectivity index (χ1n) is 9.20. The minimum absolute atomic E-state index is 0.0412. The van der Waals surface area contributed by atoms with Gasteiger partial charge in [-0.05, 0) is 30.7 Å². The monoisotopic (exact) mass is 422 g/mol. The smallest absolute Gasteiger partial charge is 0.244 e. The van der Waals surface area contributed by atoms with Crippen molar-refractivity contribution < 1.29 is 14.2 Å². The van der Waals surface area contributed by atoms with Crippen molar-refractivity contribution in [3.63, 3.8) is 0 Å². The van der Waals surface area contributed by atoms with E-state index >= 15 is 0 Å². The van der Waals surface area contributed by atoms with Crippen LogP contribution in [0.1, 0.15) is 28.3 Å². The van der Waals surface area contributed by atoms with E-state index in [0.717, 1.165) is 22.4 Å². The van der Waals surface area contributed by atoms with Gasteiger partial charge in [0.1, 0.15) is 18.2 Å². The summed E-state index contributed by atoms with van der Waals surface area (Å²) < 4.78 is 17.0. The Morgan fingerprint density at radius 2 is 2.07 bits per heavy atom. The van der Waals surface area contributed by atoms with Crippen LogP contribution in [0.3, 0.4) is 0 Å². The highest BCUT2D eigenvalue weighted by atomic mass is 35.5. The maximum atomic E-state index is 9.70. The van der Waals surface area contributed by atoms with Crippen molar-refractivity contribution >= 4 is 11.6 Å². The van der Waals surface area contributed by atoms with Gasteiger partial charge < -0.3 is 19.9 Å². The van der Waals surface area contributed by atoms with E-state index in [1.165, 1.54) is 0 Å². The number of aromatic amines is 1. The van der Waals surface area contributed by atoms with Gasteiger partial charge in [-0.25, -0.2) is 0 Å². The molecule has 7 nitrogen and oxygen atoms in total. The Bertz CT molecular complexity index is 1180. The zero-order valence-corrected chi connectivity index (χ0v) is 17.2. The molecule has 2 aromatic carbocycles. The van der Waals surface area contributed by atoms with Gasteiger partial charge in [0.25, 0.3) is 0 Å². The molecule has 8 heteroatoms. The first-order valence-corrected chi connectivity index (χ1v) is 9.57. The highest BCUT2D eigenvalue weighted by Crippen LogP contribution is 2.44. The molecule has 2 heterocycles. The number of methoxy groups -OCH3 is 1. The van der Waals surface area contributed by atoms with Crippen molar-refractivity contribution in [3.8, 4) is 23.4 Å². The molecule has 0 saturated heterocycles. The largest absolute Gasteiger partial charge is 0.493 e. The number of rotatable bonds is 5. The quantitative estimate of drug-likeness (QED) is 0.638. The van der Waals surface area contributed by atoms with Gasteiger partial charge in [-0.15, -0.1) is 5.10 Å². The first kappa shape index (κ1) is 19.7. The van der Waals surface area contributed by atoms with Crippen molar-refractivity contribution in [3.05, 3.63) is 81.3 Å². The van der Waals surface area contributed by atoms with Gasteiger partial charge in [-0.1, -0.05) is 35.9 Å². The third kappa shape index (κ3) is 3.42. The van der Waals surface area contributed by atoms with Gasteiger partial charge >= 0.3 is 0 Å². The second kappa shape index (κ2) is 8.01. The van der Waals surface area contributed by atoms with Gasteiger partial charge in [0.2, 0.25) is 11.8 Å². The average Bonchev–Trinajstić information content (AvgIpc) is 3.12. The first-order chi connectivity index (χ1) is 14.5. The van der Waals surface area contributed by atoms with Crippen molar-refractivity contribution in [2.45, 2.75) is 19.4 Å². The molecule has 152 valence electrons. The summed E-state index contributed by atoms with van der Waals surface area (Å²) in [6.45, 7) is 2.17. The molecule has 0 amide bonds. The van der Waals surface area contributed by atoms with Crippen LogP contribution < -0.4 is 19.9 Å². The van der Waals surface area contributed by atoms with Crippen LogP contribution in [0.2, 0.25) is 5.02 Å². The molecule has 0 saturated carbocycles. The molecule has 0 unspecified atom stereocenters.